The van der Waals surface area contributed by atoms with E-state index in [4.69, 9.17) is 14.7 Å². The maximum Gasteiger partial charge on any atom is 0.223 e. The lowest BCUT2D eigenvalue weighted by atomic mass is 9.89. The van der Waals surface area contributed by atoms with Crippen LogP contribution in [0, 0.1) is 5.92 Å². The van der Waals surface area contributed by atoms with Crippen LogP contribution in [0.5, 0.6) is 5.75 Å². The summed E-state index contributed by atoms with van der Waals surface area (Å²) in [7, 11) is 1.72. The van der Waals surface area contributed by atoms with Crippen molar-refractivity contribution in [3.8, 4) is 5.75 Å². The molecule has 0 radical (unpaired) electrons. The van der Waals surface area contributed by atoms with Crippen LogP contribution in [0.3, 0.4) is 0 Å². The zero-order valence-electron chi connectivity index (χ0n) is 19.9. The van der Waals surface area contributed by atoms with Gasteiger partial charge in [0.25, 0.3) is 0 Å². The highest BCUT2D eigenvalue weighted by Crippen LogP contribution is 2.30. The number of nitrogens with one attached hydrogen (secondary N) is 1. The Balaban J connectivity index is 1.32. The van der Waals surface area contributed by atoms with Crippen LogP contribution < -0.4 is 19.9 Å². The Morgan fingerprint density at radius 1 is 0.941 bits per heavy atom. The summed E-state index contributed by atoms with van der Waals surface area (Å²) in [6.07, 6.45) is 5.52. The molecule has 1 N–H and O–H groups in total. The first-order chi connectivity index (χ1) is 16.7. The fraction of sp³-hybridized carbons (Fsp3) is 0.444. The number of fused-ring (bicyclic) bond motifs is 1. The maximum atomic E-state index is 12.7. The van der Waals surface area contributed by atoms with Gasteiger partial charge >= 0.3 is 0 Å². The van der Waals surface area contributed by atoms with Crippen LogP contribution in [0.25, 0.3) is 10.9 Å². The van der Waals surface area contributed by atoms with Crippen LogP contribution in [0.15, 0.2) is 48.5 Å². The van der Waals surface area contributed by atoms with Gasteiger partial charge in [-0.1, -0.05) is 43.5 Å². The minimum absolute atomic E-state index is 0.136. The Labute approximate surface area is 201 Å². The number of rotatable bonds is 6. The molecule has 34 heavy (non-hydrogen) atoms. The smallest absolute Gasteiger partial charge is 0.223 e. The molecular weight excluding hydrogens is 426 g/mol. The van der Waals surface area contributed by atoms with Crippen molar-refractivity contribution in [3.63, 3.8) is 0 Å². The van der Waals surface area contributed by atoms with Crippen LogP contribution in [-0.2, 0) is 11.3 Å². The Morgan fingerprint density at radius 3 is 2.44 bits per heavy atom. The van der Waals surface area contributed by atoms with Gasteiger partial charge in [-0.3, -0.25) is 4.79 Å². The van der Waals surface area contributed by atoms with E-state index in [1.165, 1.54) is 6.42 Å². The van der Waals surface area contributed by atoms with E-state index >= 15 is 0 Å². The Kier molecular flexibility index (Phi) is 6.79. The molecule has 2 aromatic carbocycles. The number of aromatic nitrogens is 2. The lowest BCUT2D eigenvalue weighted by molar-refractivity contribution is -0.126. The number of para-hydroxylation sites is 3. The second kappa shape index (κ2) is 10.3. The lowest BCUT2D eigenvalue weighted by Crippen LogP contribution is -2.47. The molecule has 1 saturated carbocycles. The Bertz CT molecular complexity index is 1140. The van der Waals surface area contributed by atoms with Crippen molar-refractivity contribution >= 4 is 28.3 Å². The van der Waals surface area contributed by atoms with Gasteiger partial charge in [-0.2, -0.15) is 0 Å². The molecule has 7 nitrogen and oxygen atoms in total. The monoisotopic (exact) mass is 459 g/mol. The van der Waals surface area contributed by atoms with Gasteiger partial charge in [-0.25, -0.2) is 9.97 Å². The number of carbonyl (C=O) groups excluding carboxylic acids is 1. The van der Waals surface area contributed by atoms with Gasteiger partial charge in [0, 0.05) is 37.5 Å². The number of ether oxygens (including phenoxy) is 1. The van der Waals surface area contributed by atoms with Gasteiger partial charge in [0.2, 0.25) is 5.91 Å². The number of carbonyl (C=O) groups is 1. The number of benzene rings is 2. The molecule has 1 aliphatic heterocycles. The molecule has 0 unspecified atom stereocenters. The highest BCUT2D eigenvalue weighted by atomic mass is 16.5. The molecule has 0 atom stereocenters. The van der Waals surface area contributed by atoms with E-state index in [0.29, 0.717) is 12.4 Å². The summed E-state index contributed by atoms with van der Waals surface area (Å²) in [6, 6.07) is 16.3. The van der Waals surface area contributed by atoms with Gasteiger partial charge < -0.3 is 19.9 Å². The van der Waals surface area contributed by atoms with Crippen molar-refractivity contribution in [2.45, 2.75) is 38.6 Å². The van der Waals surface area contributed by atoms with Gasteiger partial charge in [0.05, 0.1) is 24.9 Å². The molecule has 1 aromatic heterocycles. The van der Waals surface area contributed by atoms with Crippen LogP contribution in [0.1, 0.15) is 37.9 Å². The Hall–Kier alpha value is -3.35. The minimum atomic E-state index is 0.136. The summed E-state index contributed by atoms with van der Waals surface area (Å²) in [4.78, 5) is 27.0. The first-order valence-electron chi connectivity index (χ1n) is 12.4. The molecule has 1 saturated heterocycles. The van der Waals surface area contributed by atoms with Crippen molar-refractivity contribution in [2.75, 3.05) is 43.1 Å². The molecule has 1 aliphatic carbocycles. The lowest BCUT2D eigenvalue weighted by Gasteiger charge is -2.37. The fourth-order valence-electron chi connectivity index (χ4n) is 5.15. The number of methoxy groups -OCH3 is 1. The molecule has 3 aromatic rings. The predicted molar refractivity (Wildman–Crippen MR) is 135 cm³/mol. The number of piperazine rings is 1. The zero-order chi connectivity index (χ0) is 23.3. The van der Waals surface area contributed by atoms with E-state index in [0.717, 1.165) is 80.0 Å². The van der Waals surface area contributed by atoms with E-state index in [1.807, 2.05) is 30.3 Å². The summed E-state index contributed by atoms with van der Waals surface area (Å²) in [6.45, 7) is 3.84. The number of anilines is 2. The highest BCUT2D eigenvalue weighted by molar-refractivity contribution is 5.89. The van der Waals surface area contributed by atoms with Crippen molar-refractivity contribution in [1.82, 2.24) is 15.3 Å². The molecule has 2 fully saturated rings. The molecule has 0 spiro atoms. The summed E-state index contributed by atoms with van der Waals surface area (Å²) in [5.41, 5.74) is 2.05. The maximum absolute atomic E-state index is 12.7. The molecule has 5 rings (SSSR count). The van der Waals surface area contributed by atoms with Crippen molar-refractivity contribution < 1.29 is 9.53 Å². The molecule has 2 heterocycles. The fourth-order valence-corrected chi connectivity index (χ4v) is 5.15. The number of nitrogens with zero attached hydrogens (tertiary/aromatic N) is 4. The molecule has 1 amide bonds. The van der Waals surface area contributed by atoms with Gasteiger partial charge in [-0.15, -0.1) is 0 Å². The topological polar surface area (TPSA) is 70.6 Å². The number of hydrogen-bond donors (Lipinski definition) is 1. The average Bonchev–Trinajstić information content (AvgIpc) is 2.92. The third-order valence-electron chi connectivity index (χ3n) is 7.03. The number of hydrogen-bond acceptors (Lipinski definition) is 6. The first-order valence-corrected chi connectivity index (χ1v) is 12.4. The van der Waals surface area contributed by atoms with E-state index in [2.05, 4.69) is 33.3 Å². The van der Waals surface area contributed by atoms with Crippen LogP contribution in [0.2, 0.25) is 0 Å². The molecule has 0 bridgehead atoms. The van der Waals surface area contributed by atoms with Crippen LogP contribution >= 0.6 is 0 Å². The molecular formula is C27H33N5O2. The van der Waals surface area contributed by atoms with E-state index in [-0.39, 0.29) is 11.8 Å². The van der Waals surface area contributed by atoms with Gasteiger partial charge in [0.1, 0.15) is 11.6 Å². The minimum Gasteiger partial charge on any atom is -0.495 e. The molecule has 178 valence electrons. The van der Waals surface area contributed by atoms with Crippen molar-refractivity contribution in [3.05, 3.63) is 54.4 Å². The highest BCUT2D eigenvalue weighted by Gasteiger charge is 2.24. The first kappa shape index (κ1) is 22.4. The Morgan fingerprint density at radius 2 is 1.65 bits per heavy atom. The predicted octanol–water partition coefficient (Wildman–Crippen LogP) is 4.16. The van der Waals surface area contributed by atoms with Crippen molar-refractivity contribution in [2.24, 2.45) is 5.92 Å². The summed E-state index contributed by atoms with van der Waals surface area (Å²) in [5.74, 6) is 2.80. The van der Waals surface area contributed by atoms with Gasteiger partial charge in [0.15, 0.2) is 5.82 Å². The van der Waals surface area contributed by atoms with Crippen LogP contribution in [-0.4, -0.2) is 49.2 Å². The summed E-state index contributed by atoms with van der Waals surface area (Å²) < 4.78 is 5.56. The second-order valence-electron chi connectivity index (χ2n) is 9.18. The van der Waals surface area contributed by atoms with Gasteiger partial charge in [-0.05, 0) is 37.1 Å². The SMILES string of the molecule is COc1ccccc1N1CCN(c2nc(CNC(=O)C3CCCCC3)nc3ccccc23)CC1. The molecule has 7 heteroatoms. The third kappa shape index (κ3) is 4.79. The normalized spacial score (nSPS) is 17.1. The largest absolute Gasteiger partial charge is 0.495 e. The summed E-state index contributed by atoms with van der Waals surface area (Å²) in [5, 5.41) is 4.15. The van der Waals surface area contributed by atoms with E-state index < -0.39 is 0 Å². The quantitative estimate of drug-likeness (QED) is 0.597. The summed E-state index contributed by atoms with van der Waals surface area (Å²) >= 11 is 0. The average molecular weight is 460 g/mol. The second-order valence-corrected chi connectivity index (χ2v) is 9.18. The van der Waals surface area contributed by atoms with E-state index in [9.17, 15) is 4.79 Å². The van der Waals surface area contributed by atoms with Crippen molar-refractivity contribution in [1.29, 1.82) is 0 Å². The number of amides is 1. The standard InChI is InChI=1S/C27H33N5O2/c1-34-24-14-8-7-13-23(24)31-15-17-32(18-16-31)26-21-11-5-6-12-22(21)29-25(30-26)19-28-27(33)20-9-3-2-4-10-20/h5-8,11-14,20H,2-4,9-10,15-19H2,1H3,(H,28,33). The third-order valence-corrected chi connectivity index (χ3v) is 7.03. The molecule has 2 aliphatic rings. The van der Waals surface area contributed by atoms with Crippen LogP contribution in [0.4, 0.5) is 11.5 Å². The van der Waals surface area contributed by atoms with E-state index in [1.54, 1.807) is 7.11 Å². The zero-order valence-corrected chi connectivity index (χ0v) is 19.9.